The molecule has 4 heteroatoms. The third-order valence-electron chi connectivity index (χ3n) is 2.69. The average Bonchev–Trinajstić information content (AvgIpc) is 2.96. The second-order valence-corrected chi connectivity index (χ2v) is 5.70. The van der Waals surface area contributed by atoms with E-state index in [2.05, 4.69) is 5.32 Å². The van der Waals surface area contributed by atoms with Gasteiger partial charge < -0.3 is 10.1 Å². The molecular formula is C13H23NO3. The molecule has 1 rings (SSSR count). The normalized spacial score (nSPS) is 17.4. The minimum absolute atomic E-state index is 0.0859. The molecule has 1 N–H and O–H groups in total. The van der Waals surface area contributed by atoms with Crippen LogP contribution in [0.3, 0.4) is 0 Å². The third-order valence-corrected chi connectivity index (χ3v) is 2.69. The number of hydrogen-bond acceptors (Lipinski definition) is 3. The predicted octanol–water partition coefficient (Wildman–Crippen LogP) is 2.66. The molecule has 0 aromatic rings. The molecule has 1 atom stereocenters. The molecule has 1 fully saturated rings. The molecule has 4 nitrogen and oxygen atoms in total. The summed E-state index contributed by atoms with van der Waals surface area (Å²) in [5.74, 6) is 0.688. The molecular weight excluding hydrogens is 218 g/mol. The van der Waals surface area contributed by atoms with E-state index < -0.39 is 11.7 Å². The second kappa shape index (κ2) is 5.52. The number of hydrogen-bond donors (Lipinski definition) is 1. The molecule has 0 bridgehead atoms. The van der Waals surface area contributed by atoms with E-state index in [9.17, 15) is 9.59 Å². The fourth-order valence-corrected chi connectivity index (χ4v) is 1.65. The molecule has 0 unspecified atom stereocenters. The van der Waals surface area contributed by atoms with Gasteiger partial charge in [0.2, 0.25) is 0 Å². The van der Waals surface area contributed by atoms with E-state index in [4.69, 9.17) is 4.74 Å². The number of carbonyl (C=O) groups excluding carboxylic acids is 2. The maximum atomic E-state index is 11.7. The molecule has 1 aliphatic rings. The first-order valence-corrected chi connectivity index (χ1v) is 6.34. The van der Waals surface area contributed by atoms with Crippen molar-refractivity contribution >= 4 is 11.9 Å². The van der Waals surface area contributed by atoms with Crippen LogP contribution in [0.25, 0.3) is 0 Å². The monoisotopic (exact) mass is 241 g/mol. The van der Waals surface area contributed by atoms with Crippen molar-refractivity contribution in [2.45, 2.75) is 65.0 Å². The SMILES string of the molecule is CCC(=O)[C@H](CC1CC1)NC(=O)OC(C)(C)C. The van der Waals surface area contributed by atoms with E-state index >= 15 is 0 Å². The van der Waals surface area contributed by atoms with Gasteiger partial charge in [0.15, 0.2) is 5.78 Å². The highest BCUT2D eigenvalue weighted by Gasteiger charge is 2.30. The van der Waals surface area contributed by atoms with Gasteiger partial charge in [0.25, 0.3) is 0 Å². The van der Waals surface area contributed by atoms with Gasteiger partial charge in [-0.1, -0.05) is 19.8 Å². The van der Waals surface area contributed by atoms with Crippen LogP contribution in [0.15, 0.2) is 0 Å². The summed E-state index contributed by atoms with van der Waals surface area (Å²) in [7, 11) is 0. The third kappa shape index (κ3) is 5.71. The van der Waals surface area contributed by atoms with Gasteiger partial charge in [0, 0.05) is 6.42 Å². The Morgan fingerprint density at radius 2 is 1.94 bits per heavy atom. The number of carbonyl (C=O) groups is 2. The van der Waals surface area contributed by atoms with E-state index in [-0.39, 0.29) is 11.8 Å². The average molecular weight is 241 g/mol. The fourth-order valence-electron chi connectivity index (χ4n) is 1.65. The Kier molecular flexibility index (Phi) is 4.54. The molecule has 0 heterocycles. The fraction of sp³-hybridized carbons (Fsp3) is 0.846. The van der Waals surface area contributed by atoms with Crippen LogP contribution in [0.1, 0.15) is 53.4 Å². The Bertz CT molecular complexity index is 290. The van der Waals surface area contributed by atoms with E-state index in [0.717, 1.165) is 6.42 Å². The zero-order valence-corrected chi connectivity index (χ0v) is 11.2. The van der Waals surface area contributed by atoms with Crippen LogP contribution in [-0.2, 0) is 9.53 Å². The molecule has 0 aromatic carbocycles. The van der Waals surface area contributed by atoms with Crippen molar-refractivity contribution < 1.29 is 14.3 Å². The van der Waals surface area contributed by atoms with Crippen LogP contribution in [0.2, 0.25) is 0 Å². The lowest BCUT2D eigenvalue weighted by atomic mass is 10.0. The number of amides is 1. The summed E-state index contributed by atoms with van der Waals surface area (Å²) in [6.45, 7) is 7.25. The minimum atomic E-state index is -0.524. The Labute approximate surface area is 103 Å². The Morgan fingerprint density at radius 1 is 1.35 bits per heavy atom. The van der Waals surface area contributed by atoms with Crippen LogP contribution in [-0.4, -0.2) is 23.5 Å². The van der Waals surface area contributed by atoms with Crippen LogP contribution in [0.4, 0.5) is 4.79 Å². The Morgan fingerprint density at radius 3 is 2.35 bits per heavy atom. The summed E-state index contributed by atoms with van der Waals surface area (Å²) in [5, 5.41) is 2.68. The number of ether oxygens (including phenoxy) is 1. The number of ketones is 1. The summed E-state index contributed by atoms with van der Waals surface area (Å²) >= 11 is 0. The standard InChI is InChI=1S/C13H23NO3/c1-5-11(15)10(8-9-6-7-9)14-12(16)17-13(2,3)4/h9-10H,5-8H2,1-4H3,(H,14,16)/t10-/m0/s1. The van der Waals surface area contributed by atoms with Crippen LogP contribution in [0, 0.1) is 5.92 Å². The predicted molar refractivity (Wildman–Crippen MR) is 65.8 cm³/mol. The van der Waals surface area contributed by atoms with Crippen molar-refractivity contribution in [2.75, 3.05) is 0 Å². The number of nitrogens with one attached hydrogen (secondary N) is 1. The summed E-state index contributed by atoms with van der Waals surface area (Å²) in [6, 6.07) is -0.373. The molecule has 17 heavy (non-hydrogen) atoms. The van der Waals surface area contributed by atoms with Crippen molar-refractivity contribution in [2.24, 2.45) is 5.92 Å². The quantitative estimate of drug-likeness (QED) is 0.805. The molecule has 1 saturated carbocycles. The molecule has 0 radical (unpaired) electrons. The van der Waals surface area contributed by atoms with E-state index in [1.807, 2.05) is 27.7 Å². The van der Waals surface area contributed by atoms with Crippen LogP contribution < -0.4 is 5.32 Å². The second-order valence-electron chi connectivity index (χ2n) is 5.70. The van der Waals surface area contributed by atoms with Crippen molar-refractivity contribution in [1.82, 2.24) is 5.32 Å². The molecule has 98 valence electrons. The highest BCUT2D eigenvalue weighted by atomic mass is 16.6. The largest absolute Gasteiger partial charge is 0.444 e. The first-order valence-electron chi connectivity index (χ1n) is 6.34. The van der Waals surface area contributed by atoms with E-state index in [0.29, 0.717) is 12.3 Å². The molecule has 0 aromatic heterocycles. The van der Waals surface area contributed by atoms with Gasteiger partial charge in [-0.2, -0.15) is 0 Å². The minimum Gasteiger partial charge on any atom is -0.444 e. The molecule has 0 saturated heterocycles. The highest BCUT2D eigenvalue weighted by Crippen LogP contribution is 2.33. The first kappa shape index (κ1) is 14.0. The lowest BCUT2D eigenvalue weighted by Gasteiger charge is -2.23. The van der Waals surface area contributed by atoms with Gasteiger partial charge in [0.1, 0.15) is 5.60 Å². The lowest BCUT2D eigenvalue weighted by Crippen LogP contribution is -2.43. The lowest BCUT2D eigenvalue weighted by molar-refractivity contribution is -0.121. The molecule has 1 aliphatic carbocycles. The van der Waals surface area contributed by atoms with E-state index in [1.165, 1.54) is 12.8 Å². The molecule has 0 aliphatic heterocycles. The Balaban J connectivity index is 2.46. The number of alkyl carbamates (subject to hydrolysis) is 1. The summed E-state index contributed by atoms with van der Waals surface area (Å²) in [5.41, 5.74) is -0.524. The van der Waals surface area contributed by atoms with Gasteiger partial charge in [-0.15, -0.1) is 0 Å². The maximum absolute atomic E-state index is 11.7. The van der Waals surface area contributed by atoms with Gasteiger partial charge in [-0.3, -0.25) is 4.79 Å². The molecule has 0 spiro atoms. The van der Waals surface area contributed by atoms with Gasteiger partial charge in [-0.25, -0.2) is 4.79 Å². The summed E-state index contributed by atoms with van der Waals surface area (Å²) in [6.07, 6.45) is 3.05. The van der Waals surface area contributed by atoms with Crippen molar-refractivity contribution in [3.63, 3.8) is 0 Å². The smallest absolute Gasteiger partial charge is 0.408 e. The topological polar surface area (TPSA) is 55.4 Å². The van der Waals surface area contributed by atoms with Gasteiger partial charge in [-0.05, 0) is 33.1 Å². The van der Waals surface area contributed by atoms with Gasteiger partial charge in [0.05, 0.1) is 6.04 Å². The summed E-state index contributed by atoms with van der Waals surface area (Å²) < 4.78 is 5.16. The first-order chi connectivity index (χ1) is 7.81. The zero-order valence-electron chi connectivity index (χ0n) is 11.2. The maximum Gasteiger partial charge on any atom is 0.408 e. The highest BCUT2D eigenvalue weighted by molar-refractivity contribution is 5.87. The van der Waals surface area contributed by atoms with E-state index in [1.54, 1.807) is 0 Å². The van der Waals surface area contributed by atoms with Crippen molar-refractivity contribution in [3.8, 4) is 0 Å². The molecule has 1 amide bonds. The van der Waals surface area contributed by atoms with Crippen molar-refractivity contribution in [1.29, 1.82) is 0 Å². The summed E-state index contributed by atoms with van der Waals surface area (Å²) in [4.78, 5) is 23.3. The van der Waals surface area contributed by atoms with Crippen molar-refractivity contribution in [3.05, 3.63) is 0 Å². The number of Topliss-reactive ketones (excluding diaryl/α,β-unsaturated/α-hetero) is 1. The van der Waals surface area contributed by atoms with Crippen LogP contribution in [0.5, 0.6) is 0 Å². The number of rotatable bonds is 5. The Hall–Kier alpha value is -1.06. The van der Waals surface area contributed by atoms with Crippen LogP contribution >= 0.6 is 0 Å². The zero-order chi connectivity index (χ0) is 13.1. The van der Waals surface area contributed by atoms with Gasteiger partial charge >= 0.3 is 6.09 Å².